The third-order valence-electron chi connectivity index (χ3n) is 3.49. The van der Waals surface area contributed by atoms with Crippen molar-refractivity contribution in [3.8, 4) is 16.9 Å². The van der Waals surface area contributed by atoms with Crippen LogP contribution in [0.15, 0.2) is 30.3 Å². The summed E-state index contributed by atoms with van der Waals surface area (Å²) in [6.07, 6.45) is 0. The summed E-state index contributed by atoms with van der Waals surface area (Å²) in [5.74, 6) is -0.801. The summed E-state index contributed by atoms with van der Waals surface area (Å²) in [4.78, 5) is 22.9. The molecule has 0 atom stereocenters. The van der Waals surface area contributed by atoms with Gasteiger partial charge in [-0.05, 0) is 32.3 Å². The summed E-state index contributed by atoms with van der Waals surface area (Å²) in [6, 6.07) is 5.17. The Morgan fingerprint density at radius 3 is 2.31 bits per heavy atom. The topological polar surface area (TPSA) is 98.8 Å². The lowest BCUT2D eigenvalue weighted by atomic mass is 10.0. The number of likely N-dealkylation sites (N-methyl/N-ethyl adjacent to an activating group) is 1. The fraction of sp³-hybridized carbons (Fsp3) is 0.250. The molecule has 8 nitrogen and oxygen atoms in total. The minimum absolute atomic E-state index is 0.0725. The minimum Gasteiger partial charge on any atom is -0.485 e. The van der Waals surface area contributed by atoms with E-state index in [1.807, 2.05) is 4.90 Å². The second kappa shape index (κ2) is 8.07. The fourth-order valence-electron chi connectivity index (χ4n) is 2.23. The van der Waals surface area contributed by atoms with Crippen LogP contribution in [-0.2, 0) is 0 Å². The number of hydrogen-bond donors (Lipinski definition) is 0. The van der Waals surface area contributed by atoms with E-state index < -0.39 is 15.7 Å². The predicted molar refractivity (Wildman–Crippen MR) is 94.2 cm³/mol. The van der Waals surface area contributed by atoms with E-state index >= 15 is 0 Å². The maximum absolute atomic E-state index is 13.6. The van der Waals surface area contributed by atoms with E-state index in [2.05, 4.69) is 0 Å². The zero-order chi connectivity index (χ0) is 19.4. The predicted octanol–water partition coefficient (Wildman–Crippen LogP) is 3.90. The molecule has 0 amide bonds. The Morgan fingerprint density at radius 1 is 1.08 bits per heavy atom. The van der Waals surface area contributed by atoms with E-state index in [0.29, 0.717) is 6.54 Å². The van der Waals surface area contributed by atoms with E-state index in [0.717, 1.165) is 24.3 Å². The zero-order valence-corrected chi connectivity index (χ0v) is 14.7. The SMILES string of the molecule is CN(C)CCOc1cc(-c2cc(F)ccc2[N+](=O)[O-])c(Cl)cc1[N+](=O)[O-]. The number of benzene rings is 2. The van der Waals surface area contributed by atoms with E-state index in [4.69, 9.17) is 16.3 Å². The largest absolute Gasteiger partial charge is 0.485 e. The molecule has 0 aliphatic heterocycles. The third kappa shape index (κ3) is 4.44. The van der Waals surface area contributed by atoms with E-state index in [-0.39, 0.29) is 39.9 Å². The van der Waals surface area contributed by atoms with Crippen LogP contribution in [0.25, 0.3) is 11.1 Å². The normalized spacial score (nSPS) is 10.8. The first-order valence-corrected chi connectivity index (χ1v) is 7.78. The molecular weight excluding hydrogens is 369 g/mol. The van der Waals surface area contributed by atoms with Crippen LogP contribution >= 0.6 is 11.6 Å². The van der Waals surface area contributed by atoms with Crippen LogP contribution in [0.2, 0.25) is 5.02 Å². The van der Waals surface area contributed by atoms with E-state index in [1.54, 1.807) is 14.1 Å². The molecule has 0 aliphatic carbocycles. The van der Waals surface area contributed by atoms with Crippen LogP contribution in [0.5, 0.6) is 5.75 Å². The second-order valence-electron chi connectivity index (χ2n) is 5.63. The molecule has 0 saturated heterocycles. The Labute approximate surface area is 153 Å². The summed E-state index contributed by atoms with van der Waals surface area (Å²) >= 11 is 6.08. The molecule has 2 rings (SSSR count). The molecule has 0 unspecified atom stereocenters. The van der Waals surface area contributed by atoms with Crippen LogP contribution < -0.4 is 4.74 Å². The number of ether oxygens (including phenoxy) is 1. The van der Waals surface area contributed by atoms with E-state index in [9.17, 15) is 24.6 Å². The second-order valence-corrected chi connectivity index (χ2v) is 6.03. The standard InChI is InChI=1S/C16H15ClFN3O5/c1-19(2)5-6-26-16-8-11(13(17)9-15(16)21(24)25)12-7-10(18)3-4-14(12)20(22)23/h3-4,7-9H,5-6H2,1-2H3. The van der Waals surface area contributed by atoms with Crippen LogP contribution in [0.4, 0.5) is 15.8 Å². The van der Waals surface area contributed by atoms with Gasteiger partial charge in [0.2, 0.25) is 0 Å². The number of rotatable bonds is 7. The Balaban J connectivity index is 2.58. The number of halogens is 2. The summed E-state index contributed by atoms with van der Waals surface area (Å²) in [7, 11) is 3.61. The number of nitro benzene ring substituents is 2. The Kier molecular flexibility index (Phi) is 6.06. The number of hydrogen-bond acceptors (Lipinski definition) is 6. The first-order valence-electron chi connectivity index (χ1n) is 7.40. The summed E-state index contributed by atoms with van der Waals surface area (Å²) in [5.41, 5.74) is -0.770. The van der Waals surface area contributed by atoms with Crippen LogP contribution in [-0.4, -0.2) is 42.0 Å². The van der Waals surface area contributed by atoms with Crippen molar-refractivity contribution in [2.75, 3.05) is 27.2 Å². The van der Waals surface area contributed by atoms with Gasteiger partial charge in [-0.1, -0.05) is 11.6 Å². The summed E-state index contributed by atoms with van der Waals surface area (Å²) in [6.45, 7) is 0.648. The number of nitrogens with zero attached hydrogens (tertiary/aromatic N) is 3. The average Bonchev–Trinajstić information content (AvgIpc) is 2.54. The molecule has 0 heterocycles. The van der Waals surface area contributed by atoms with Gasteiger partial charge in [-0.3, -0.25) is 20.2 Å². The fourth-order valence-corrected chi connectivity index (χ4v) is 2.49. The quantitative estimate of drug-likeness (QED) is 0.531. The monoisotopic (exact) mass is 383 g/mol. The highest BCUT2D eigenvalue weighted by atomic mass is 35.5. The van der Waals surface area contributed by atoms with Crippen molar-refractivity contribution in [1.82, 2.24) is 4.90 Å². The molecule has 10 heteroatoms. The average molecular weight is 384 g/mol. The highest BCUT2D eigenvalue weighted by Gasteiger charge is 2.24. The van der Waals surface area contributed by atoms with Crippen molar-refractivity contribution in [3.05, 3.63) is 61.4 Å². The molecule has 0 bridgehead atoms. The third-order valence-corrected chi connectivity index (χ3v) is 3.80. The van der Waals surface area contributed by atoms with Gasteiger partial charge in [0.25, 0.3) is 5.69 Å². The molecule has 26 heavy (non-hydrogen) atoms. The lowest BCUT2D eigenvalue weighted by molar-refractivity contribution is -0.385. The molecule has 138 valence electrons. The molecule has 0 saturated carbocycles. The van der Waals surface area contributed by atoms with Gasteiger partial charge in [0.15, 0.2) is 5.75 Å². The van der Waals surface area contributed by atoms with Crippen LogP contribution in [0.3, 0.4) is 0 Å². The molecule has 0 N–H and O–H groups in total. The zero-order valence-electron chi connectivity index (χ0n) is 13.9. The number of nitro groups is 2. The van der Waals surface area contributed by atoms with Gasteiger partial charge in [-0.25, -0.2) is 4.39 Å². The molecule has 2 aromatic carbocycles. The Bertz CT molecular complexity index is 860. The van der Waals surface area contributed by atoms with Gasteiger partial charge in [-0.2, -0.15) is 0 Å². The van der Waals surface area contributed by atoms with Crippen molar-refractivity contribution < 1.29 is 19.0 Å². The maximum Gasteiger partial charge on any atom is 0.312 e. The first-order chi connectivity index (χ1) is 12.2. The molecule has 0 fully saturated rings. The summed E-state index contributed by atoms with van der Waals surface area (Å²) in [5, 5.41) is 22.3. The highest BCUT2D eigenvalue weighted by molar-refractivity contribution is 6.33. The van der Waals surface area contributed by atoms with Crippen molar-refractivity contribution >= 4 is 23.0 Å². The lowest BCUT2D eigenvalue weighted by Gasteiger charge is -2.13. The van der Waals surface area contributed by atoms with Gasteiger partial charge in [-0.15, -0.1) is 0 Å². The Hall–Kier alpha value is -2.78. The van der Waals surface area contributed by atoms with Gasteiger partial charge in [0.05, 0.1) is 20.4 Å². The highest BCUT2D eigenvalue weighted by Crippen LogP contribution is 2.41. The minimum atomic E-state index is -0.699. The lowest BCUT2D eigenvalue weighted by Crippen LogP contribution is -2.19. The molecule has 0 aromatic heterocycles. The van der Waals surface area contributed by atoms with Crippen molar-refractivity contribution in [1.29, 1.82) is 0 Å². The van der Waals surface area contributed by atoms with Gasteiger partial charge >= 0.3 is 5.69 Å². The maximum atomic E-state index is 13.6. The molecule has 0 aliphatic rings. The van der Waals surface area contributed by atoms with Crippen LogP contribution in [0, 0.1) is 26.0 Å². The smallest absolute Gasteiger partial charge is 0.312 e. The first kappa shape index (κ1) is 19.5. The van der Waals surface area contributed by atoms with Gasteiger partial charge in [0.1, 0.15) is 12.4 Å². The summed E-state index contributed by atoms with van der Waals surface area (Å²) < 4.78 is 19.1. The molecule has 0 spiro atoms. The van der Waals surface area contributed by atoms with Gasteiger partial charge < -0.3 is 9.64 Å². The van der Waals surface area contributed by atoms with Crippen molar-refractivity contribution in [2.24, 2.45) is 0 Å². The van der Waals surface area contributed by atoms with E-state index in [1.165, 1.54) is 6.07 Å². The molecule has 2 aromatic rings. The molecular formula is C16H15ClFN3O5. The van der Waals surface area contributed by atoms with Crippen molar-refractivity contribution in [2.45, 2.75) is 0 Å². The molecule has 0 radical (unpaired) electrons. The Morgan fingerprint density at radius 2 is 1.73 bits per heavy atom. The van der Waals surface area contributed by atoms with Crippen molar-refractivity contribution in [3.63, 3.8) is 0 Å². The van der Waals surface area contributed by atoms with Gasteiger partial charge in [0, 0.05) is 24.2 Å². The van der Waals surface area contributed by atoms with Crippen LogP contribution in [0.1, 0.15) is 0 Å².